The van der Waals surface area contributed by atoms with Gasteiger partial charge >= 0.3 is 0 Å². The van der Waals surface area contributed by atoms with Gasteiger partial charge in [0.05, 0.1) is 0 Å². The molecule has 0 aromatic carbocycles. The van der Waals surface area contributed by atoms with Crippen LogP contribution < -0.4 is 0 Å². The summed E-state index contributed by atoms with van der Waals surface area (Å²) in [7, 11) is 0. The number of hydrogen-bond donors (Lipinski definition) is 1. The van der Waals surface area contributed by atoms with Gasteiger partial charge in [-0.1, -0.05) is 13.8 Å². The van der Waals surface area contributed by atoms with Crippen molar-refractivity contribution >= 4 is 11.6 Å². The maximum Gasteiger partial charge on any atom is 0.0437 e. The average Bonchev–Trinajstić information content (AvgIpc) is 2.38. The molecule has 0 aromatic rings. The molecule has 2 rings (SSSR count). The number of aliphatic hydroxyl groups is 1. The largest absolute Gasteiger partial charge is 0.396 e. The fraction of sp³-hybridized carbons (Fsp3) is 1.00. The first-order valence-corrected chi connectivity index (χ1v) is 5.73. The van der Waals surface area contributed by atoms with Gasteiger partial charge in [0.15, 0.2) is 0 Å². The van der Waals surface area contributed by atoms with E-state index in [9.17, 15) is 0 Å². The van der Waals surface area contributed by atoms with Crippen LogP contribution in [0.1, 0.15) is 39.5 Å². The van der Waals surface area contributed by atoms with Crippen LogP contribution in [0.25, 0.3) is 0 Å². The van der Waals surface area contributed by atoms with Crippen molar-refractivity contribution in [1.82, 2.24) is 0 Å². The zero-order valence-electron chi connectivity index (χ0n) is 8.52. The lowest BCUT2D eigenvalue weighted by Crippen LogP contribution is -2.37. The first kappa shape index (κ1) is 9.79. The van der Waals surface area contributed by atoms with Gasteiger partial charge in [-0.15, -0.1) is 11.6 Å². The molecule has 1 N–H and O–H groups in total. The van der Waals surface area contributed by atoms with Gasteiger partial charge in [0.2, 0.25) is 0 Å². The van der Waals surface area contributed by atoms with E-state index < -0.39 is 0 Å². The van der Waals surface area contributed by atoms with Crippen molar-refractivity contribution in [3.63, 3.8) is 0 Å². The fourth-order valence-electron chi connectivity index (χ4n) is 3.77. The van der Waals surface area contributed by atoms with Crippen molar-refractivity contribution in [2.45, 2.75) is 44.9 Å². The summed E-state index contributed by atoms with van der Waals surface area (Å²) in [6.07, 6.45) is 4.59. The Balaban J connectivity index is 2.31. The molecule has 3 atom stereocenters. The van der Waals surface area contributed by atoms with Gasteiger partial charge in [-0.25, -0.2) is 0 Å². The lowest BCUT2D eigenvalue weighted by molar-refractivity contribution is 0.0897. The number of rotatable bonds is 2. The van der Waals surface area contributed by atoms with Crippen LogP contribution in [0.15, 0.2) is 0 Å². The second-order valence-corrected chi connectivity index (χ2v) is 5.82. The Labute approximate surface area is 85.5 Å². The van der Waals surface area contributed by atoms with E-state index in [2.05, 4.69) is 13.8 Å². The van der Waals surface area contributed by atoms with Crippen LogP contribution in [-0.4, -0.2) is 17.1 Å². The zero-order chi connectivity index (χ0) is 9.69. The van der Waals surface area contributed by atoms with Gasteiger partial charge in [0.1, 0.15) is 0 Å². The molecule has 2 aliphatic rings. The van der Waals surface area contributed by atoms with Crippen molar-refractivity contribution in [2.75, 3.05) is 6.61 Å². The monoisotopic (exact) mass is 202 g/mol. The number of halogens is 1. The molecule has 1 nitrogen and oxygen atoms in total. The van der Waals surface area contributed by atoms with E-state index in [0.29, 0.717) is 17.4 Å². The average molecular weight is 203 g/mol. The van der Waals surface area contributed by atoms with Gasteiger partial charge in [0.25, 0.3) is 0 Å². The minimum absolute atomic E-state index is 0.230. The van der Waals surface area contributed by atoms with Crippen LogP contribution in [0.3, 0.4) is 0 Å². The van der Waals surface area contributed by atoms with Crippen molar-refractivity contribution in [2.24, 2.45) is 16.7 Å². The molecule has 0 aliphatic heterocycles. The minimum atomic E-state index is 0.230. The topological polar surface area (TPSA) is 20.2 Å². The highest BCUT2D eigenvalue weighted by Gasteiger charge is 2.62. The number of hydrogen-bond acceptors (Lipinski definition) is 1. The second kappa shape index (κ2) is 2.87. The van der Waals surface area contributed by atoms with Crippen LogP contribution in [0.5, 0.6) is 0 Å². The molecule has 2 bridgehead atoms. The molecular formula is C11H19ClO. The smallest absolute Gasteiger partial charge is 0.0437 e. The molecule has 0 amide bonds. The third kappa shape index (κ3) is 1.04. The highest BCUT2D eigenvalue weighted by Crippen LogP contribution is 2.68. The predicted octanol–water partition coefficient (Wildman–Crippen LogP) is 2.80. The number of alkyl halides is 1. The van der Waals surface area contributed by atoms with Crippen LogP contribution in [-0.2, 0) is 0 Å². The summed E-state index contributed by atoms with van der Waals surface area (Å²) in [6, 6.07) is 0. The van der Waals surface area contributed by atoms with E-state index in [1.54, 1.807) is 0 Å². The van der Waals surface area contributed by atoms with Crippen LogP contribution in [0.4, 0.5) is 0 Å². The second-order valence-electron chi connectivity index (χ2n) is 5.29. The minimum Gasteiger partial charge on any atom is -0.396 e. The molecule has 2 fully saturated rings. The van der Waals surface area contributed by atoms with Gasteiger partial charge < -0.3 is 5.11 Å². The molecular weight excluding hydrogens is 184 g/mol. The summed E-state index contributed by atoms with van der Waals surface area (Å²) in [5.74, 6) is 0.793. The standard InChI is InChI=1S/C11H19ClO/c1-10(2)8-3-4-11(10,5-6-13)9(12)7-8/h8-9,13H,3-7H2,1-2H3/t8-,9+,11-/m1/s1. The molecule has 2 heteroatoms. The van der Waals surface area contributed by atoms with Crippen LogP contribution in [0.2, 0.25) is 0 Å². The normalized spacial score (nSPS) is 47.1. The lowest BCUT2D eigenvalue weighted by atomic mass is 9.67. The number of fused-ring (bicyclic) bond motifs is 2. The van der Waals surface area contributed by atoms with E-state index in [-0.39, 0.29) is 5.41 Å². The maximum absolute atomic E-state index is 9.13. The maximum atomic E-state index is 9.13. The Morgan fingerprint density at radius 2 is 2.15 bits per heavy atom. The highest BCUT2D eigenvalue weighted by atomic mass is 35.5. The van der Waals surface area contributed by atoms with Crippen LogP contribution >= 0.6 is 11.6 Å². The van der Waals surface area contributed by atoms with Crippen molar-refractivity contribution in [3.05, 3.63) is 0 Å². The third-order valence-corrected chi connectivity index (χ3v) is 5.49. The van der Waals surface area contributed by atoms with Crippen LogP contribution in [0, 0.1) is 16.7 Å². The van der Waals surface area contributed by atoms with E-state index >= 15 is 0 Å². The summed E-state index contributed by atoms with van der Waals surface area (Å²) in [6.45, 7) is 4.96. The molecule has 2 aliphatic carbocycles. The Bertz CT molecular complexity index is 214. The van der Waals surface area contributed by atoms with Gasteiger partial charge in [-0.3, -0.25) is 0 Å². The predicted molar refractivity (Wildman–Crippen MR) is 54.9 cm³/mol. The Morgan fingerprint density at radius 3 is 2.54 bits per heavy atom. The fourth-order valence-corrected chi connectivity index (χ4v) is 4.49. The summed E-state index contributed by atoms with van der Waals surface area (Å²) < 4.78 is 0. The molecule has 0 aromatic heterocycles. The molecule has 13 heavy (non-hydrogen) atoms. The van der Waals surface area contributed by atoms with Crippen molar-refractivity contribution in [1.29, 1.82) is 0 Å². The summed E-state index contributed by atoms with van der Waals surface area (Å²) >= 11 is 6.42. The first-order chi connectivity index (χ1) is 6.04. The zero-order valence-corrected chi connectivity index (χ0v) is 9.27. The van der Waals surface area contributed by atoms with E-state index in [1.807, 2.05) is 0 Å². The van der Waals surface area contributed by atoms with E-state index in [1.165, 1.54) is 12.8 Å². The SMILES string of the molecule is CC1(C)[C@@H]2CC[C@@]1(CCO)[C@@H](Cl)C2. The van der Waals surface area contributed by atoms with Gasteiger partial charge in [-0.2, -0.15) is 0 Å². The summed E-state index contributed by atoms with van der Waals surface area (Å²) in [5.41, 5.74) is 0.579. The molecule has 0 saturated heterocycles. The van der Waals surface area contributed by atoms with E-state index in [4.69, 9.17) is 16.7 Å². The van der Waals surface area contributed by atoms with Crippen molar-refractivity contribution < 1.29 is 5.11 Å². The lowest BCUT2D eigenvalue weighted by Gasteiger charge is -2.40. The Hall–Kier alpha value is 0.250. The highest BCUT2D eigenvalue weighted by molar-refractivity contribution is 6.21. The third-order valence-electron chi connectivity index (χ3n) is 4.89. The molecule has 76 valence electrons. The molecule has 0 radical (unpaired) electrons. The molecule has 0 unspecified atom stereocenters. The van der Waals surface area contributed by atoms with E-state index in [0.717, 1.165) is 18.8 Å². The Morgan fingerprint density at radius 1 is 1.46 bits per heavy atom. The van der Waals surface area contributed by atoms with Gasteiger partial charge in [0, 0.05) is 12.0 Å². The first-order valence-electron chi connectivity index (χ1n) is 5.29. The molecule has 2 saturated carbocycles. The molecule has 0 heterocycles. The summed E-state index contributed by atoms with van der Waals surface area (Å²) in [4.78, 5) is 0. The molecule has 0 spiro atoms. The Kier molecular flexibility index (Phi) is 2.16. The summed E-state index contributed by atoms with van der Waals surface area (Å²) in [5, 5.41) is 9.43. The number of aliphatic hydroxyl groups excluding tert-OH is 1. The van der Waals surface area contributed by atoms with Gasteiger partial charge in [-0.05, 0) is 42.4 Å². The van der Waals surface area contributed by atoms with Crippen molar-refractivity contribution in [3.8, 4) is 0 Å². The quantitative estimate of drug-likeness (QED) is 0.683.